The highest BCUT2D eigenvalue weighted by atomic mass is 16.5. The van der Waals surface area contributed by atoms with Crippen LogP contribution in [0.3, 0.4) is 0 Å². The van der Waals surface area contributed by atoms with Crippen molar-refractivity contribution in [2.24, 2.45) is 5.92 Å². The number of hydrogen-bond acceptors (Lipinski definition) is 2. The lowest BCUT2D eigenvalue weighted by Gasteiger charge is -2.18. The third-order valence-electron chi connectivity index (χ3n) is 4.17. The predicted molar refractivity (Wildman–Crippen MR) is 92.0 cm³/mol. The van der Waals surface area contributed by atoms with Crippen LogP contribution in [0.4, 0.5) is 0 Å². The van der Waals surface area contributed by atoms with E-state index in [2.05, 4.69) is 57.3 Å². The highest BCUT2D eigenvalue weighted by Gasteiger charge is 2.09. The van der Waals surface area contributed by atoms with Gasteiger partial charge in [-0.1, -0.05) is 59.1 Å². The van der Waals surface area contributed by atoms with Gasteiger partial charge in [0.05, 0.1) is 6.61 Å². The quantitative estimate of drug-likeness (QED) is 0.594. The molecule has 0 amide bonds. The minimum atomic E-state index is 0.456. The molecule has 0 radical (unpaired) electrons. The Labute approximate surface area is 131 Å². The van der Waals surface area contributed by atoms with Crippen molar-refractivity contribution in [3.63, 3.8) is 0 Å². The van der Waals surface area contributed by atoms with Gasteiger partial charge in [-0.25, -0.2) is 0 Å². The second-order valence-corrected chi connectivity index (χ2v) is 5.82. The Morgan fingerprint density at radius 3 is 2.24 bits per heavy atom. The maximum Gasteiger partial charge on any atom is 0.119 e. The average Bonchev–Trinajstić information content (AvgIpc) is 2.53. The van der Waals surface area contributed by atoms with Crippen LogP contribution >= 0.6 is 0 Å². The fourth-order valence-electron chi connectivity index (χ4n) is 2.65. The van der Waals surface area contributed by atoms with Crippen molar-refractivity contribution in [2.45, 2.75) is 65.8 Å². The zero-order valence-corrected chi connectivity index (χ0v) is 14.3. The monoisotopic (exact) mass is 291 g/mol. The summed E-state index contributed by atoms with van der Waals surface area (Å²) in [5.74, 6) is 1.69. The van der Waals surface area contributed by atoms with Gasteiger partial charge in [-0.3, -0.25) is 0 Å². The van der Waals surface area contributed by atoms with Crippen LogP contribution in [0.25, 0.3) is 0 Å². The lowest BCUT2D eigenvalue weighted by molar-refractivity contribution is 0.233. The number of benzene rings is 1. The molecule has 2 nitrogen and oxygen atoms in total. The van der Waals surface area contributed by atoms with Crippen molar-refractivity contribution in [1.29, 1.82) is 0 Å². The van der Waals surface area contributed by atoms with E-state index in [0.717, 1.165) is 25.3 Å². The Balaban J connectivity index is 2.49. The van der Waals surface area contributed by atoms with E-state index in [1.54, 1.807) is 0 Å². The fraction of sp³-hybridized carbons (Fsp3) is 0.684. The van der Waals surface area contributed by atoms with E-state index in [-0.39, 0.29) is 0 Å². The van der Waals surface area contributed by atoms with Gasteiger partial charge >= 0.3 is 0 Å². The second kappa shape index (κ2) is 10.7. The molecule has 0 aromatic heterocycles. The van der Waals surface area contributed by atoms with Gasteiger partial charge in [0, 0.05) is 6.04 Å². The van der Waals surface area contributed by atoms with E-state index >= 15 is 0 Å². The van der Waals surface area contributed by atoms with Crippen LogP contribution in [-0.4, -0.2) is 13.2 Å². The van der Waals surface area contributed by atoms with Crippen molar-refractivity contribution in [1.82, 2.24) is 5.32 Å². The molecule has 0 heterocycles. The SMILES string of the molecule is CCCCC(CC)COc1ccc(C(CC)NCC)cc1. The first-order valence-electron chi connectivity index (χ1n) is 8.71. The van der Waals surface area contributed by atoms with Crippen molar-refractivity contribution in [2.75, 3.05) is 13.2 Å². The Morgan fingerprint density at radius 2 is 1.71 bits per heavy atom. The summed E-state index contributed by atoms with van der Waals surface area (Å²) >= 11 is 0. The molecule has 0 spiro atoms. The van der Waals surface area contributed by atoms with E-state index in [1.807, 2.05) is 0 Å². The molecule has 21 heavy (non-hydrogen) atoms. The van der Waals surface area contributed by atoms with Crippen molar-refractivity contribution in [3.05, 3.63) is 29.8 Å². The Hall–Kier alpha value is -1.02. The topological polar surface area (TPSA) is 21.3 Å². The first kappa shape index (κ1) is 18.0. The molecule has 2 atom stereocenters. The average molecular weight is 291 g/mol. The summed E-state index contributed by atoms with van der Waals surface area (Å²) in [6, 6.07) is 9.07. The van der Waals surface area contributed by atoms with Crippen molar-refractivity contribution in [3.8, 4) is 5.75 Å². The van der Waals surface area contributed by atoms with E-state index < -0.39 is 0 Å². The van der Waals surface area contributed by atoms with Gasteiger partial charge in [-0.05, 0) is 43.0 Å². The number of nitrogens with one attached hydrogen (secondary N) is 1. The standard InChI is InChI=1S/C19H33NO/c1-5-9-10-16(6-2)15-21-18-13-11-17(12-14-18)19(7-3)20-8-4/h11-14,16,19-20H,5-10,15H2,1-4H3. The normalized spacial score (nSPS) is 13.9. The molecule has 0 aliphatic carbocycles. The Bertz CT molecular complexity index is 360. The maximum atomic E-state index is 5.96. The molecule has 0 aliphatic rings. The molecule has 1 aromatic carbocycles. The molecule has 1 rings (SSSR count). The van der Waals surface area contributed by atoms with Crippen LogP contribution in [0.1, 0.15) is 71.4 Å². The molecule has 0 bridgehead atoms. The zero-order chi connectivity index (χ0) is 15.5. The molecular formula is C19H33NO. The summed E-state index contributed by atoms with van der Waals surface area (Å²) in [6.45, 7) is 10.7. The van der Waals surface area contributed by atoms with Gasteiger partial charge in [-0.2, -0.15) is 0 Å². The van der Waals surface area contributed by atoms with Gasteiger partial charge in [0.1, 0.15) is 5.75 Å². The predicted octanol–water partition coefficient (Wildman–Crippen LogP) is 5.34. The summed E-state index contributed by atoms with van der Waals surface area (Å²) in [5.41, 5.74) is 1.35. The minimum Gasteiger partial charge on any atom is -0.493 e. The number of rotatable bonds is 11. The van der Waals surface area contributed by atoms with Gasteiger partial charge in [0.25, 0.3) is 0 Å². The molecule has 120 valence electrons. The van der Waals surface area contributed by atoms with Crippen LogP contribution in [-0.2, 0) is 0 Å². The van der Waals surface area contributed by atoms with Crippen LogP contribution in [0.2, 0.25) is 0 Å². The summed E-state index contributed by atoms with van der Waals surface area (Å²) in [7, 11) is 0. The number of hydrogen-bond donors (Lipinski definition) is 1. The van der Waals surface area contributed by atoms with Crippen LogP contribution in [0, 0.1) is 5.92 Å². The zero-order valence-electron chi connectivity index (χ0n) is 14.3. The number of ether oxygens (including phenoxy) is 1. The van der Waals surface area contributed by atoms with Crippen molar-refractivity contribution >= 4 is 0 Å². The molecule has 0 aliphatic heterocycles. The van der Waals surface area contributed by atoms with Gasteiger partial charge < -0.3 is 10.1 Å². The lowest BCUT2D eigenvalue weighted by Crippen LogP contribution is -2.19. The molecule has 0 saturated heterocycles. The van der Waals surface area contributed by atoms with Gasteiger partial charge in [0.2, 0.25) is 0 Å². The molecule has 1 aromatic rings. The highest BCUT2D eigenvalue weighted by molar-refractivity contribution is 5.29. The minimum absolute atomic E-state index is 0.456. The third-order valence-corrected chi connectivity index (χ3v) is 4.17. The fourth-order valence-corrected chi connectivity index (χ4v) is 2.65. The van der Waals surface area contributed by atoms with Crippen LogP contribution < -0.4 is 10.1 Å². The molecule has 2 heteroatoms. The lowest BCUT2D eigenvalue weighted by atomic mass is 10.0. The number of unbranched alkanes of at least 4 members (excludes halogenated alkanes) is 1. The van der Waals surface area contributed by atoms with Crippen LogP contribution in [0.5, 0.6) is 5.75 Å². The molecule has 0 fully saturated rings. The summed E-state index contributed by atoms with van der Waals surface area (Å²) in [5, 5.41) is 3.51. The largest absolute Gasteiger partial charge is 0.493 e. The van der Waals surface area contributed by atoms with Crippen LogP contribution in [0.15, 0.2) is 24.3 Å². The molecule has 1 N–H and O–H groups in total. The maximum absolute atomic E-state index is 5.96. The van der Waals surface area contributed by atoms with E-state index in [9.17, 15) is 0 Å². The summed E-state index contributed by atoms with van der Waals surface area (Å²) in [6.07, 6.45) is 6.18. The van der Waals surface area contributed by atoms with E-state index in [4.69, 9.17) is 4.74 Å². The van der Waals surface area contributed by atoms with Gasteiger partial charge in [0.15, 0.2) is 0 Å². The smallest absolute Gasteiger partial charge is 0.119 e. The Morgan fingerprint density at radius 1 is 1.00 bits per heavy atom. The Kier molecular flexibility index (Phi) is 9.16. The molecule has 2 unspecified atom stereocenters. The second-order valence-electron chi connectivity index (χ2n) is 5.82. The molecule has 0 saturated carbocycles. The highest BCUT2D eigenvalue weighted by Crippen LogP contribution is 2.21. The summed E-state index contributed by atoms with van der Waals surface area (Å²) < 4.78 is 5.96. The van der Waals surface area contributed by atoms with Gasteiger partial charge in [-0.15, -0.1) is 0 Å². The first-order valence-corrected chi connectivity index (χ1v) is 8.71. The summed E-state index contributed by atoms with van der Waals surface area (Å²) in [4.78, 5) is 0. The first-order chi connectivity index (χ1) is 10.2. The van der Waals surface area contributed by atoms with E-state index in [1.165, 1.54) is 31.2 Å². The third kappa shape index (κ3) is 6.52. The van der Waals surface area contributed by atoms with Crippen molar-refractivity contribution < 1.29 is 4.74 Å². The van der Waals surface area contributed by atoms with E-state index in [0.29, 0.717) is 12.0 Å². The molecular weight excluding hydrogens is 258 g/mol.